The number of amides is 2. The van der Waals surface area contributed by atoms with E-state index in [4.69, 9.17) is 11.6 Å². The summed E-state index contributed by atoms with van der Waals surface area (Å²) in [4.78, 5) is 28.9. The molecule has 2 amide bonds. The van der Waals surface area contributed by atoms with E-state index in [0.29, 0.717) is 10.7 Å². The van der Waals surface area contributed by atoms with Gasteiger partial charge in [-0.1, -0.05) is 67.3 Å². The summed E-state index contributed by atoms with van der Waals surface area (Å²) in [6, 6.07) is 19.9. The summed E-state index contributed by atoms with van der Waals surface area (Å²) >= 11 is 6.03. The molecule has 1 aliphatic carbocycles. The number of halogens is 1. The highest BCUT2D eigenvalue weighted by atomic mass is 35.5. The second-order valence-corrected chi connectivity index (χ2v) is 13.1. The molecule has 0 aromatic heterocycles. The van der Waals surface area contributed by atoms with E-state index in [-0.39, 0.29) is 23.4 Å². The molecular formula is C32H38ClN3O4S. The SMILES string of the molecule is Cc1ccc(N(CC(=O)N(Cc2ccccc2)[C@@H](C)C(=O)NC2CCCCC2)S(=O)(=O)c2ccc(Cl)cc2)cc1C. The molecule has 1 atom stereocenters. The summed E-state index contributed by atoms with van der Waals surface area (Å²) in [6.45, 7) is 5.23. The highest BCUT2D eigenvalue weighted by Crippen LogP contribution is 2.27. The van der Waals surface area contributed by atoms with Crippen LogP contribution in [-0.2, 0) is 26.2 Å². The largest absolute Gasteiger partial charge is 0.352 e. The molecule has 0 bridgehead atoms. The predicted octanol–water partition coefficient (Wildman–Crippen LogP) is 6.02. The molecule has 1 saturated carbocycles. The van der Waals surface area contributed by atoms with Crippen molar-refractivity contribution in [2.75, 3.05) is 10.8 Å². The number of aryl methyl sites for hydroxylation is 2. The van der Waals surface area contributed by atoms with Gasteiger partial charge in [-0.05, 0) is 86.7 Å². The molecule has 1 N–H and O–H groups in total. The van der Waals surface area contributed by atoms with E-state index in [1.54, 1.807) is 19.1 Å². The van der Waals surface area contributed by atoms with Gasteiger partial charge in [0.1, 0.15) is 12.6 Å². The highest BCUT2D eigenvalue weighted by molar-refractivity contribution is 7.92. The minimum atomic E-state index is -4.14. The zero-order valence-electron chi connectivity index (χ0n) is 23.8. The molecule has 0 radical (unpaired) electrons. The Morgan fingerprint density at radius 3 is 2.22 bits per heavy atom. The summed E-state index contributed by atoms with van der Waals surface area (Å²) in [6.07, 6.45) is 5.14. The van der Waals surface area contributed by atoms with Crippen LogP contribution in [0.5, 0.6) is 0 Å². The monoisotopic (exact) mass is 595 g/mol. The van der Waals surface area contributed by atoms with Gasteiger partial charge in [-0.25, -0.2) is 8.42 Å². The number of nitrogens with one attached hydrogen (secondary N) is 1. The topological polar surface area (TPSA) is 86.8 Å². The smallest absolute Gasteiger partial charge is 0.264 e. The maximum absolute atomic E-state index is 14.1. The van der Waals surface area contributed by atoms with Gasteiger partial charge in [-0.15, -0.1) is 0 Å². The molecule has 0 heterocycles. The van der Waals surface area contributed by atoms with Crippen LogP contribution >= 0.6 is 11.6 Å². The van der Waals surface area contributed by atoms with E-state index >= 15 is 0 Å². The number of carbonyl (C=O) groups is 2. The highest BCUT2D eigenvalue weighted by Gasteiger charge is 2.33. The Morgan fingerprint density at radius 2 is 1.59 bits per heavy atom. The molecule has 7 nitrogen and oxygen atoms in total. The average Bonchev–Trinajstić information content (AvgIpc) is 2.97. The molecule has 1 fully saturated rings. The number of carbonyl (C=O) groups excluding carboxylic acids is 2. The Bertz CT molecular complexity index is 1460. The zero-order chi connectivity index (χ0) is 29.6. The first-order valence-electron chi connectivity index (χ1n) is 14.1. The minimum absolute atomic E-state index is 0.0191. The fourth-order valence-corrected chi connectivity index (χ4v) is 6.61. The summed E-state index contributed by atoms with van der Waals surface area (Å²) < 4.78 is 29.0. The lowest BCUT2D eigenvalue weighted by atomic mass is 9.95. The van der Waals surface area contributed by atoms with Gasteiger partial charge >= 0.3 is 0 Å². The van der Waals surface area contributed by atoms with Crippen LogP contribution in [0, 0.1) is 13.8 Å². The summed E-state index contributed by atoms with van der Waals surface area (Å²) in [7, 11) is -4.14. The Balaban J connectivity index is 1.68. The third kappa shape index (κ3) is 7.68. The van der Waals surface area contributed by atoms with Gasteiger partial charge in [0.05, 0.1) is 10.6 Å². The van der Waals surface area contributed by atoms with E-state index in [1.807, 2.05) is 50.2 Å². The summed E-state index contributed by atoms with van der Waals surface area (Å²) in [5, 5.41) is 3.53. The van der Waals surface area contributed by atoms with Crippen LogP contribution in [-0.4, -0.2) is 43.8 Å². The van der Waals surface area contributed by atoms with Gasteiger partial charge in [0, 0.05) is 17.6 Å². The minimum Gasteiger partial charge on any atom is -0.352 e. The Morgan fingerprint density at radius 1 is 0.927 bits per heavy atom. The van der Waals surface area contributed by atoms with E-state index < -0.39 is 28.5 Å². The van der Waals surface area contributed by atoms with Crippen molar-refractivity contribution in [1.29, 1.82) is 0 Å². The average molecular weight is 596 g/mol. The molecule has 218 valence electrons. The van der Waals surface area contributed by atoms with Crippen LogP contribution in [0.3, 0.4) is 0 Å². The lowest BCUT2D eigenvalue weighted by Crippen LogP contribution is -2.53. The van der Waals surface area contributed by atoms with Crippen molar-refractivity contribution in [1.82, 2.24) is 10.2 Å². The lowest BCUT2D eigenvalue weighted by molar-refractivity contribution is -0.139. The molecule has 0 saturated heterocycles. The predicted molar refractivity (Wildman–Crippen MR) is 163 cm³/mol. The van der Waals surface area contributed by atoms with Crippen molar-refractivity contribution >= 4 is 39.1 Å². The second kappa shape index (κ2) is 13.5. The maximum atomic E-state index is 14.1. The summed E-state index contributed by atoms with van der Waals surface area (Å²) in [5.41, 5.74) is 3.11. The normalized spacial score (nSPS) is 14.7. The molecule has 9 heteroatoms. The number of hydrogen-bond acceptors (Lipinski definition) is 4. The first-order chi connectivity index (χ1) is 19.6. The van der Waals surface area contributed by atoms with Crippen molar-refractivity contribution in [3.63, 3.8) is 0 Å². The Hall–Kier alpha value is -3.36. The summed E-state index contributed by atoms with van der Waals surface area (Å²) in [5.74, 6) is -0.713. The third-order valence-electron chi connectivity index (χ3n) is 7.77. The van der Waals surface area contributed by atoms with E-state index in [9.17, 15) is 18.0 Å². The van der Waals surface area contributed by atoms with Gasteiger partial charge in [0.2, 0.25) is 11.8 Å². The van der Waals surface area contributed by atoms with Crippen LogP contribution in [0.15, 0.2) is 77.7 Å². The van der Waals surface area contributed by atoms with Crippen LogP contribution in [0.25, 0.3) is 0 Å². The van der Waals surface area contributed by atoms with Gasteiger partial charge in [0.25, 0.3) is 10.0 Å². The molecule has 4 rings (SSSR count). The molecule has 0 spiro atoms. The van der Waals surface area contributed by atoms with Gasteiger partial charge in [-0.3, -0.25) is 13.9 Å². The van der Waals surface area contributed by atoms with Gasteiger partial charge in [-0.2, -0.15) is 0 Å². The number of hydrogen-bond donors (Lipinski definition) is 1. The van der Waals surface area contributed by atoms with Crippen LogP contribution in [0.4, 0.5) is 5.69 Å². The van der Waals surface area contributed by atoms with E-state index in [1.165, 1.54) is 29.2 Å². The fourth-order valence-electron chi connectivity index (χ4n) is 5.07. The number of benzene rings is 3. The molecular weight excluding hydrogens is 558 g/mol. The molecule has 3 aromatic carbocycles. The van der Waals surface area contributed by atoms with E-state index in [0.717, 1.165) is 53.1 Å². The number of rotatable bonds is 10. The van der Waals surface area contributed by atoms with Crippen molar-refractivity contribution in [3.8, 4) is 0 Å². The molecule has 41 heavy (non-hydrogen) atoms. The third-order valence-corrected chi connectivity index (χ3v) is 9.81. The van der Waals surface area contributed by atoms with Crippen molar-refractivity contribution in [2.24, 2.45) is 0 Å². The first kappa shape index (κ1) is 30.6. The Kier molecular flexibility index (Phi) is 10.1. The van der Waals surface area contributed by atoms with Crippen LogP contribution < -0.4 is 9.62 Å². The Labute approximate surface area is 248 Å². The maximum Gasteiger partial charge on any atom is 0.264 e. The van der Waals surface area contributed by atoms with Crippen LogP contribution in [0.1, 0.15) is 55.7 Å². The molecule has 0 aliphatic heterocycles. The quantitative estimate of drug-likeness (QED) is 0.311. The number of nitrogens with zero attached hydrogens (tertiary/aromatic N) is 2. The van der Waals surface area contributed by atoms with Crippen LogP contribution in [0.2, 0.25) is 5.02 Å². The van der Waals surface area contributed by atoms with Crippen molar-refractivity contribution < 1.29 is 18.0 Å². The van der Waals surface area contributed by atoms with E-state index in [2.05, 4.69) is 5.32 Å². The van der Waals surface area contributed by atoms with Gasteiger partial charge < -0.3 is 10.2 Å². The number of sulfonamides is 1. The van der Waals surface area contributed by atoms with Crippen molar-refractivity contribution in [2.45, 2.75) is 76.4 Å². The van der Waals surface area contributed by atoms with Crippen molar-refractivity contribution in [3.05, 3.63) is 94.5 Å². The molecule has 3 aromatic rings. The molecule has 0 unspecified atom stereocenters. The zero-order valence-corrected chi connectivity index (χ0v) is 25.4. The standard InChI is InChI=1S/C32H38ClN3O4S/c1-23-14-17-29(20-24(23)2)36(41(39,40)30-18-15-27(33)16-19-30)22-31(37)35(21-26-10-6-4-7-11-26)25(3)32(38)34-28-12-8-5-9-13-28/h4,6-7,10-11,14-20,25,28H,5,8-9,12-13,21-22H2,1-3H3,(H,34,38)/t25-/m0/s1. The number of anilines is 1. The molecule has 1 aliphatic rings. The van der Waals surface area contributed by atoms with Gasteiger partial charge in [0.15, 0.2) is 0 Å². The lowest BCUT2D eigenvalue weighted by Gasteiger charge is -2.33. The second-order valence-electron chi connectivity index (χ2n) is 10.8. The fraction of sp³-hybridized carbons (Fsp3) is 0.375. The first-order valence-corrected chi connectivity index (χ1v) is 15.9.